The molecule has 0 bridgehead atoms. The number of alkyl halides is 2. The number of aromatic nitrogens is 1. The third kappa shape index (κ3) is 5.54. The van der Waals surface area contributed by atoms with Gasteiger partial charge < -0.3 is 10.6 Å². The topological polar surface area (TPSA) is 83.1 Å². The highest BCUT2D eigenvalue weighted by atomic mass is 32.1. The fourth-order valence-corrected chi connectivity index (χ4v) is 2.35. The molecule has 0 unspecified atom stereocenters. The highest BCUT2D eigenvalue weighted by molar-refractivity contribution is 7.14. The van der Waals surface area contributed by atoms with Crippen molar-refractivity contribution in [2.24, 2.45) is 0 Å². The average Bonchev–Trinajstić information content (AvgIpc) is 2.99. The molecule has 1 heterocycles. The van der Waals surface area contributed by atoms with Crippen LogP contribution in [0.4, 0.5) is 23.1 Å². The summed E-state index contributed by atoms with van der Waals surface area (Å²) >= 11 is 0.973. The molecule has 0 aliphatic heterocycles. The molecule has 1 aromatic carbocycles. The molecule has 0 radical (unpaired) electrons. The van der Waals surface area contributed by atoms with Crippen LogP contribution >= 0.6 is 11.3 Å². The van der Waals surface area contributed by atoms with Crippen LogP contribution in [-0.4, -0.2) is 29.9 Å². The van der Waals surface area contributed by atoms with Gasteiger partial charge in [0.05, 0.1) is 6.54 Å². The Morgan fingerprint density at radius 2 is 2.04 bits per heavy atom. The second kappa shape index (κ2) is 8.29. The van der Waals surface area contributed by atoms with Crippen LogP contribution in [0.3, 0.4) is 0 Å². The molecule has 0 aliphatic carbocycles. The van der Waals surface area contributed by atoms with Gasteiger partial charge in [-0.2, -0.15) is 0 Å². The van der Waals surface area contributed by atoms with Crippen molar-refractivity contribution in [2.45, 2.75) is 13.0 Å². The van der Waals surface area contributed by atoms with E-state index >= 15 is 0 Å². The Kier molecular flexibility index (Phi) is 6.13. The number of rotatable bonds is 6. The van der Waals surface area contributed by atoms with E-state index in [2.05, 4.69) is 15.6 Å². The standard InChI is InChI=1S/C14H13F3N4O2S/c15-9-3-1-2-8(4-9)5-19-13(23)21-14-20-10(7-24-14)12(22)18-6-11(16)17/h1-4,7,11H,5-6H2,(H,18,22)(H2,19,20,21,23). The van der Waals surface area contributed by atoms with Crippen LogP contribution in [0.5, 0.6) is 0 Å². The summed E-state index contributed by atoms with van der Waals surface area (Å²) in [6.45, 7) is -0.663. The van der Waals surface area contributed by atoms with Crippen molar-refractivity contribution < 1.29 is 22.8 Å². The Morgan fingerprint density at radius 3 is 2.75 bits per heavy atom. The van der Waals surface area contributed by atoms with E-state index in [1.54, 1.807) is 6.07 Å². The average molecular weight is 358 g/mol. The van der Waals surface area contributed by atoms with Gasteiger partial charge in [0.1, 0.15) is 11.5 Å². The normalized spacial score (nSPS) is 10.5. The number of halogens is 3. The van der Waals surface area contributed by atoms with Crippen molar-refractivity contribution in [3.05, 3.63) is 46.7 Å². The van der Waals surface area contributed by atoms with Crippen molar-refractivity contribution in [1.82, 2.24) is 15.6 Å². The zero-order chi connectivity index (χ0) is 17.5. The van der Waals surface area contributed by atoms with Gasteiger partial charge in [0.15, 0.2) is 5.13 Å². The van der Waals surface area contributed by atoms with E-state index in [9.17, 15) is 22.8 Å². The van der Waals surface area contributed by atoms with E-state index in [0.29, 0.717) is 5.56 Å². The van der Waals surface area contributed by atoms with Crippen molar-refractivity contribution >= 4 is 28.4 Å². The van der Waals surface area contributed by atoms with Gasteiger partial charge in [-0.3, -0.25) is 10.1 Å². The minimum absolute atomic E-state index is 0.0684. The highest BCUT2D eigenvalue weighted by Crippen LogP contribution is 2.15. The number of nitrogens with one attached hydrogen (secondary N) is 3. The first-order valence-corrected chi connectivity index (χ1v) is 7.63. The molecule has 1 aromatic heterocycles. The molecule has 0 saturated carbocycles. The van der Waals surface area contributed by atoms with E-state index in [4.69, 9.17) is 0 Å². The molecule has 0 saturated heterocycles. The van der Waals surface area contributed by atoms with Gasteiger partial charge in [0.25, 0.3) is 12.3 Å². The minimum atomic E-state index is -2.65. The Bertz CT molecular complexity index is 724. The van der Waals surface area contributed by atoms with Crippen molar-refractivity contribution in [3.8, 4) is 0 Å². The second-order valence-corrected chi connectivity index (χ2v) is 5.43. The summed E-state index contributed by atoms with van der Waals surface area (Å²) in [7, 11) is 0. The quantitative estimate of drug-likeness (QED) is 0.742. The monoisotopic (exact) mass is 358 g/mol. The number of thiazole rings is 1. The van der Waals surface area contributed by atoms with Gasteiger partial charge in [-0.1, -0.05) is 12.1 Å². The Morgan fingerprint density at radius 1 is 1.25 bits per heavy atom. The second-order valence-electron chi connectivity index (χ2n) is 4.58. The highest BCUT2D eigenvalue weighted by Gasteiger charge is 2.13. The molecule has 0 aliphatic rings. The predicted octanol–water partition coefficient (Wildman–Crippen LogP) is 2.60. The first-order valence-electron chi connectivity index (χ1n) is 6.75. The lowest BCUT2D eigenvalue weighted by atomic mass is 10.2. The molecular weight excluding hydrogens is 345 g/mol. The molecule has 3 N–H and O–H groups in total. The number of carbonyl (C=O) groups excluding carboxylic acids is 2. The molecule has 3 amide bonds. The molecule has 0 fully saturated rings. The van der Waals surface area contributed by atoms with E-state index in [1.165, 1.54) is 23.6 Å². The van der Waals surface area contributed by atoms with Crippen LogP contribution in [-0.2, 0) is 6.54 Å². The summed E-state index contributed by atoms with van der Waals surface area (Å²) in [5.74, 6) is -1.16. The maximum absolute atomic E-state index is 13.0. The minimum Gasteiger partial charge on any atom is -0.345 e. The van der Waals surface area contributed by atoms with Crippen LogP contribution in [0.25, 0.3) is 0 Å². The van der Waals surface area contributed by atoms with Crippen molar-refractivity contribution in [3.63, 3.8) is 0 Å². The van der Waals surface area contributed by atoms with Crippen LogP contribution in [0.2, 0.25) is 0 Å². The first kappa shape index (κ1) is 17.7. The van der Waals surface area contributed by atoms with Gasteiger partial charge in [-0.15, -0.1) is 11.3 Å². The molecule has 24 heavy (non-hydrogen) atoms. The largest absolute Gasteiger partial charge is 0.345 e. The molecule has 2 rings (SSSR count). The van der Waals surface area contributed by atoms with E-state index in [-0.39, 0.29) is 17.4 Å². The lowest BCUT2D eigenvalue weighted by Crippen LogP contribution is -2.29. The number of carbonyl (C=O) groups is 2. The van der Waals surface area contributed by atoms with Gasteiger partial charge in [0, 0.05) is 11.9 Å². The zero-order valence-corrected chi connectivity index (χ0v) is 13.0. The predicted molar refractivity (Wildman–Crippen MR) is 82.7 cm³/mol. The molecule has 6 nitrogen and oxygen atoms in total. The smallest absolute Gasteiger partial charge is 0.321 e. The molecule has 128 valence electrons. The van der Waals surface area contributed by atoms with Crippen molar-refractivity contribution in [2.75, 3.05) is 11.9 Å². The number of benzene rings is 1. The number of urea groups is 1. The molecule has 0 spiro atoms. The number of anilines is 1. The summed E-state index contributed by atoms with van der Waals surface area (Å²) in [6, 6.07) is 5.16. The maximum Gasteiger partial charge on any atom is 0.321 e. The van der Waals surface area contributed by atoms with E-state index < -0.39 is 30.7 Å². The van der Waals surface area contributed by atoms with Crippen LogP contribution in [0, 0.1) is 5.82 Å². The summed E-state index contributed by atoms with van der Waals surface area (Å²) in [4.78, 5) is 27.1. The lowest BCUT2D eigenvalue weighted by molar-refractivity contribution is 0.0887. The van der Waals surface area contributed by atoms with Gasteiger partial charge in [-0.25, -0.2) is 22.9 Å². The van der Waals surface area contributed by atoms with Crippen LogP contribution in [0.1, 0.15) is 16.1 Å². The van der Waals surface area contributed by atoms with Crippen LogP contribution < -0.4 is 16.0 Å². The zero-order valence-electron chi connectivity index (χ0n) is 12.2. The third-order valence-electron chi connectivity index (χ3n) is 2.72. The summed E-state index contributed by atoms with van der Waals surface area (Å²) in [6.07, 6.45) is -2.65. The van der Waals surface area contributed by atoms with E-state index in [0.717, 1.165) is 11.3 Å². The van der Waals surface area contributed by atoms with Gasteiger partial charge in [0.2, 0.25) is 0 Å². The summed E-state index contributed by atoms with van der Waals surface area (Å²) < 4.78 is 37.0. The number of nitrogens with zero attached hydrogens (tertiary/aromatic N) is 1. The fraction of sp³-hybridized carbons (Fsp3) is 0.214. The molecular formula is C14H13F3N4O2S. The number of amides is 3. The van der Waals surface area contributed by atoms with Gasteiger partial charge in [-0.05, 0) is 17.7 Å². The first-order chi connectivity index (χ1) is 11.4. The summed E-state index contributed by atoms with van der Waals surface area (Å²) in [5.41, 5.74) is 0.512. The molecule has 0 atom stereocenters. The number of hydrogen-bond donors (Lipinski definition) is 3. The fourth-order valence-electron chi connectivity index (χ4n) is 1.67. The molecule has 2 aromatic rings. The number of hydrogen-bond acceptors (Lipinski definition) is 4. The van der Waals surface area contributed by atoms with Crippen molar-refractivity contribution in [1.29, 1.82) is 0 Å². The lowest BCUT2D eigenvalue weighted by Gasteiger charge is -2.05. The summed E-state index contributed by atoms with van der Waals surface area (Å²) in [5, 5.41) is 8.38. The maximum atomic E-state index is 13.0. The van der Waals surface area contributed by atoms with E-state index in [1.807, 2.05) is 5.32 Å². The van der Waals surface area contributed by atoms with Gasteiger partial charge >= 0.3 is 6.03 Å². The molecule has 10 heteroatoms. The third-order valence-corrected chi connectivity index (χ3v) is 3.47. The van der Waals surface area contributed by atoms with Crippen LogP contribution in [0.15, 0.2) is 29.6 Å². The Hall–Kier alpha value is -2.62. The Balaban J connectivity index is 1.83. The SMILES string of the molecule is O=C(NCc1cccc(F)c1)Nc1nc(C(=O)NCC(F)F)cs1. The Labute approximate surface area is 139 Å².